The van der Waals surface area contributed by atoms with Crippen LogP contribution in [0.3, 0.4) is 0 Å². The molecule has 590 valence electrons. The molecule has 0 aliphatic heterocycles. The Morgan fingerprint density at radius 2 is 0.590 bits per heavy atom. The largest absolute Gasteiger partial charge is 0.472 e. The van der Waals surface area contributed by atoms with E-state index in [1.54, 1.807) is 0 Å². The third-order valence-electron chi connectivity index (χ3n) is 18.6. The van der Waals surface area contributed by atoms with Crippen molar-refractivity contribution in [3.8, 4) is 0 Å². The molecule has 0 aliphatic rings. The number of phosphoric acid groups is 2. The summed E-state index contributed by atoms with van der Waals surface area (Å²) in [6, 6.07) is 0. The van der Waals surface area contributed by atoms with Crippen LogP contribution in [-0.4, -0.2) is 96.7 Å². The fourth-order valence-corrected chi connectivity index (χ4v) is 13.5. The van der Waals surface area contributed by atoms with Crippen LogP contribution in [0.2, 0.25) is 0 Å². The molecule has 0 saturated carbocycles. The highest BCUT2D eigenvalue weighted by Gasteiger charge is 2.30. The molecule has 0 rings (SSSR count). The monoisotopic (exact) mass is 1460 g/mol. The molecule has 19 heteroatoms. The highest BCUT2D eigenvalue weighted by atomic mass is 31.2. The average Bonchev–Trinajstić information content (AvgIpc) is 0.936. The Morgan fingerprint density at radius 3 is 0.890 bits per heavy atom. The van der Waals surface area contributed by atoms with Crippen molar-refractivity contribution in [3.63, 3.8) is 0 Å². The molecule has 0 saturated heterocycles. The van der Waals surface area contributed by atoms with Crippen molar-refractivity contribution in [2.75, 3.05) is 39.6 Å². The number of aliphatic hydroxyl groups is 1. The second-order valence-corrected chi connectivity index (χ2v) is 32.6. The summed E-state index contributed by atoms with van der Waals surface area (Å²) in [5.41, 5.74) is 0. The molecule has 0 aromatic rings. The third kappa shape index (κ3) is 72.5. The number of ether oxygens (including phenoxy) is 4. The first-order chi connectivity index (χ1) is 48.3. The fourth-order valence-electron chi connectivity index (χ4n) is 11.9. The van der Waals surface area contributed by atoms with E-state index in [1.807, 2.05) is 0 Å². The minimum atomic E-state index is -4.97. The molecule has 100 heavy (non-hydrogen) atoms. The van der Waals surface area contributed by atoms with Crippen LogP contribution in [0.1, 0.15) is 395 Å². The summed E-state index contributed by atoms with van der Waals surface area (Å²) in [5.74, 6) is 0.181. The van der Waals surface area contributed by atoms with Gasteiger partial charge in [-0.2, -0.15) is 0 Å². The lowest BCUT2D eigenvalue weighted by Gasteiger charge is -2.21. The molecule has 0 heterocycles. The minimum Gasteiger partial charge on any atom is -0.462 e. The van der Waals surface area contributed by atoms with Gasteiger partial charge < -0.3 is 33.8 Å². The van der Waals surface area contributed by atoms with Gasteiger partial charge in [-0.3, -0.25) is 37.3 Å². The quantitative estimate of drug-likeness (QED) is 0.0169. The molecule has 0 spiro atoms. The van der Waals surface area contributed by atoms with Gasteiger partial charge in [0.05, 0.1) is 26.4 Å². The zero-order valence-corrected chi connectivity index (χ0v) is 66.9. The number of hydrogen-bond acceptors (Lipinski definition) is 15. The van der Waals surface area contributed by atoms with E-state index in [4.69, 9.17) is 37.0 Å². The van der Waals surface area contributed by atoms with Gasteiger partial charge in [0.2, 0.25) is 0 Å². The highest BCUT2D eigenvalue weighted by Crippen LogP contribution is 2.45. The van der Waals surface area contributed by atoms with Crippen LogP contribution in [0.4, 0.5) is 0 Å². The average molecular weight is 1460 g/mol. The number of unbranched alkanes of at least 4 members (excludes halogenated alkanes) is 41. The molecule has 4 unspecified atom stereocenters. The van der Waals surface area contributed by atoms with E-state index < -0.39 is 97.5 Å². The Labute approximate surface area is 612 Å². The standard InChI is InChI=1S/C81H154O17P2/c1-8-10-11-12-13-14-15-16-21-26-29-35-42-50-57-64-80(85)98-77(69-92-79(84)63-56-49-44-37-39-46-53-60-73(5)6)71-96-100(89,90)94-67-75(82)66-93-99(87,88)95-70-76(97-81(86)65-58-51-43-36-31-30-33-40-47-54-61-74(7)9-2)68-91-78(83)62-55-48-41-34-28-25-23-20-18-17-19-22-24-27-32-38-45-52-59-72(3)4/h14-16,21,72-77,82H,8-13,17-20,22-71H2,1-7H3,(H,87,88)(H,89,90)/b15-14-,21-16-/t74?,75?,76-,77-/m1/s1. The molecule has 0 amide bonds. The Hall–Kier alpha value is -2.46. The van der Waals surface area contributed by atoms with Crippen molar-refractivity contribution in [2.45, 2.75) is 414 Å². The van der Waals surface area contributed by atoms with Gasteiger partial charge in [0, 0.05) is 25.7 Å². The molecule has 6 atom stereocenters. The Bertz CT molecular complexity index is 2040. The van der Waals surface area contributed by atoms with Gasteiger partial charge in [0.15, 0.2) is 12.2 Å². The number of carbonyl (C=O) groups excluding carboxylic acids is 4. The van der Waals surface area contributed by atoms with Crippen LogP contribution in [-0.2, 0) is 65.4 Å². The smallest absolute Gasteiger partial charge is 0.462 e. The first-order valence-corrected chi connectivity index (χ1v) is 44.2. The van der Waals surface area contributed by atoms with Crippen LogP contribution in [0, 0.1) is 17.8 Å². The number of rotatable bonds is 77. The summed E-state index contributed by atoms with van der Waals surface area (Å²) in [4.78, 5) is 73.0. The van der Waals surface area contributed by atoms with E-state index in [9.17, 15) is 43.2 Å². The second-order valence-electron chi connectivity index (χ2n) is 29.7. The summed E-state index contributed by atoms with van der Waals surface area (Å²) in [5, 5.41) is 10.6. The normalized spacial score (nSPS) is 14.4. The van der Waals surface area contributed by atoms with Gasteiger partial charge in [0.1, 0.15) is 19.3 Å². The Kier molecular flexibility index (Phi) is 69.1. The van der Waals surface area contributed by atoms with Crippen molar-refractivity contribution in [3.05, 3.63) is 24.3 Å². The van der Waals surface area contributed by atoms with E-state index in [2.05, 4.69) is 72.8 Å². The van der Waals surface area contributed by atoms with Crippen molar-refractivity contribution in [2.24, 2.45) is 17.8 Å². The van der Waals surface area contributed by atoms with E-state index >= 15 is 0 Å². The molecule has 3 N–H and O–H groups in total. The van der Waals surface area contributed by atoms with Crippen LogP contribution in [0.5, 0.6) is 0 Å². The lowest BCUT2D eigenvalue weighted by Crippen LogP contribution is -2.30. The van der Waals surface area contributed by atoms with Gasteiger partial charge >= 0.3 is 39.5 Å². The van der Waals surface area contributed by atoms with E-state index in [0.29, 0.717) is 31.6 Å². The Morgan fingerprint density at radius 1 is 0.330 bits per heavy atom. The van der Waals surface area contributed by atoms with Crippen LogP contribution < -0.4 is 0 Å². The molecule has 17 nitrogen and oxygen atoms in total. The van der Waals surface area contributed by atoms with E-state index in [0.717, 1.165) is 121 Å². The summed E-state index contributed by atoms with van der Waals surface area (Å²) >= 11 is 0. The Balaban J connectivity index is 5.24. The van der Waals surface area contributed by atoms with Crippen LogP contribution in [0.15, 0.2) is 24.3 Å². The van der Waals surface area contributed by atoms with Gasteiger partial charge in [-0.25, -0.2) is 9.13 Å². The number of carbonyl (C=O) groups is 4. The summed E-state index contributed by atoms with van der Waals surface area (Å²) in [7, 11) is -9.93. The second kappa shape index (κ2) is 70.8. The lowest BCUT2D eigenvalue weighted by molar-refractivity contribution is -0.161. The number of allylic oxidation sites excluding steroid dienone is 4. The number of aliphatic hydroxyl groups excluding tert-OH is 1. The SMILES string of the molecule is CCCCCC/C=C\C=C/CCCCCCCC(=O)O[C@H](COC(=O)CCCCCCCCCC(C)C)COP(=O)(O)OCC(O)COP(=O)(O)OC[C@@H](COC(=O)CCCCCCCCCCCCCCCCCCCCC(C)C)OC(=O)CCCCCCCCCCCCC(C)CC. The van der Waals surface area contributed by atoms with Gasteiger partial charge in [0.25, 0.3) is 0 Å². The number of esters is 4. The predicted octanol–water partition coefficient (Wildman–Crippen LogP) is 23.7. The summed E-state index contributed by atoms with van der Waals surface area (Å²) in [6.45, 7) is 11.9. The number of hydrogen-bond donors (Lipinski definition) is 3. The molecule has 0 radical (unpaired) electrons. The third-order valence-corrected chi connectivity index (χ3v) is 20.5. The molecule has 0 fully saturated rings. The molecular formula is C81H154O17P2. The summed E-state index contributed by atoms with van der Waals surface area (Å²) in [6.07, 6.45) is 62.0. The molecule has 0 bridgehead atoms. The maximum atomic E-state index is 13.1. The minimum absolute atomic E-state index is 0.0841. The number of phosphoric ester groups is 2. The first kappa shape index (κ1) is 97.5. The fraction of sp³-hybridized carbons (Fsp3) is 0.901. The van der Waals surface area contributed by atoms with Gasteiger partial charge in [-0.15, -0.1) is 0 Å². The lowest BCUT2D eigenvalue weighted by atomic mass is 9.99. The van der Waals surface area contributed by atoms with Crippen molar-refractivity contribution in [1.29, 1.82) is 0 Å². The van der Waals surface area contributed by atoms with Gasteiger partial charge in [-0.05, 0) is 69.1 Å². The first-order valence-electron chi connectivity index (χ1n) is 41.2. The van der Waals surface area contributed by atoms with Crippen molar-refractivity contribution in [1.82, 2.24) is 0 Å². The van der Waals surface area contributed by atoms with Crippen LogP contribution in [0.25, 0.3) is 0 Å². The van der Waals surface area contributed by atoms with E-state index in [-0.39, 0.29) is 25.7 Å². The van der Waals surface area contributed by atoms with Crippen LogP contribution >= 0.6 is 15.6 Å². The summed E-state index contributed by atoms with van der Waals surface area (Å²) < 4.78 is 68.6. The molecule has 0 aromatic carbocycles. The highest BCUT2D eigenvalue weighted by molar-refractivity contribution is 7.47. The molecule has 0 aliphatic carbocycles. The van der Waals surface area contributed by atoms with Gasteiger partial charge in [-0.1, -0.05) is 342 Å². The zero-order chi connectivity index (χ0) is 73.7. The topological polar surface area (TPSA) is 237 Å². The van der Waals surface area contributed by atoms with E-state index in [1.165, 1.54) is 186 Å². The zero-order valence-electron chi connectivity index (χ0n) is 65.2. The van der Waals surface area contributed by atoms with Crippen molar-refractivity contribution < 1.29 is 80.2 Å². The molecular weight excluding hydrogens is 1310 g/mol. The molecule has 0 aromatic heterocycles. The maximum absolute atomic E-state index is 13.1. The van der Waals surface area contributed by atoms with Crippen molar-refractivity contribution >= 4 is 39.5 Å². The predicted molar refractivity (Wildman–Crippen MR) is 409 cm³/mol. The maximum Gasteiger partial charge on any atom is 0.472 e.